The Hall–Kier alpha value is -3.68. The minimum atomic E-state index is -0.829. The van der Waals surface area contributed by atoms with Crippen molar-refractivity contribution in [2.75, 3.05) is 6.54 Å². The SMILES string of the molecule is [B]CC(C#N)NC(=O)C1CCCN1C(=O)C(NC(=O)c1ccc(-n2ccnc2)c(F)c1)C1CC1. The van der Waals surface area contributed by atoms with Gasteiger partial charge in [-0.15, -0.1) is 0 Å². The van der Waals surface area contributed by atoms with E-state index in [1.54, 1.807) is 6.20 Å². The molecule has 0 spiro atoms. The Morgan fingerprint density at radius 2 is 2.06 bits per heavy atom. The second-order valence-electron chi connectivity index (χ2n) is 8.54. The summed E-state index contributed by atoms with van der Waals surface area (Å²) in [6, 6.07) is 3.64. The van der Waals surface area contributed by atoms with Crippen molar-refractivity contribution in [3.63, 3.8) is 0 Å². The second-order valence-corrected chi connectivity index (χ2v) is 8.54. The van der Waals surface area contributed by atoms with Crippen molar-refractivity contribution >= 4 is 25.6 Å². The molecule has 2 aromatic rings. The lowest BCUT2D eigenvalue weighted by molar-refractivity contribution is -0.140. The van der Waals surface area contributed by atoms with Gasteiger partial charge < -0.3 is 20.1 Å². The number of nitrogens with one attached hydrogen (secondary N) is 2. The average Bonchev–Trinajstić information content (AvgIpc) is 3.31. The Kier molecular flexibility index (Phi) is 6.96. The summed E-state index contributed by atoms with van der Waals surface area (Å²) in [6.07, 6.45) is 7.19. The highest BCUT2D eigenvalue weighted by molar-refractivity contribution is 6.09. The fourth-order valence-electron chi connectivity index (χ4n) is 4.19. The molecule has 2 N–H and O–H groups in total. The molecule has 1 aromatic heterocycles. The molecule has 1 aromatic carbocycles. The number of hydrogen-bond donors (Lipinski definition) is 2. The van der Waals surface area contributed by atoms with Crippen molar-refractivity contribution in [3.8, 4) is 11.8 Å². The van der Waals surface area contributed by atoms with Crippen molar-refractivity contribution in [2.24, 2.45) is 5.92 Å². The molecule has 2 heterocycles. The summed E-state index contributed by atoms with van der Waals surface area (Å²) in [5.74, 6) is -1.96. The predicted octanol–water partition coefficient (Wildman–Crippen LogP) is 1.11. The maximum atomic E-state index is 14.6. The second kappa shape index (κ2) is 10.1. The lowest BCUT2D eigenvalue weighted by Crippen LogP contribution is -2.55. The summed E-state index contributed by atoms with van der Waals surface area (Å²) in [5, 5.41) is 14.4. The quantitative estimate of drug-likeness (QED) is 0.570. The number of benzene rings is 1. The standard InChI is InChI=1S/C23H24BFN6O3/c24-11-16(12-26)28-22(33)19-2-1-8-31(19)23(34)20(14-3-4-14)29-21(32)15-5-6-18(17(25)10-15)30-9-7-27-13-30/h5-7,9-10,13-14,16,19-20H,1-4,8,11H2,(H,28,33)(H,29,32). The lowest BCUT2D eigenvalue weighted by atomic mass is 9.98. The highest BCUT2D eigenvalue weighted by atomic mass is 19.1. The van der Waals surface area contributed by atoms with Crippen LogP contribution >= 0.6 is 0 Å². The number of halogens is 1. The van der Waals surface area contributed by atoms with E-state index in [9.17, 15) is 18.8 Å². The molecule has 1 aliphatic carbocycles. The Bertz CT molecular complexity index is 1110. The summed E-state index contributed by atoms with van der Waals surface area (Å²) in [6.45, 7) is 0.379. The summed E-state index contributed by atoms with van der Waals surface area (Å²) in [5.41, 5.74) is 0.346. The van der Waals surface area contributed by atoms with Gasteiger partial charge in [0, 0.05) is 24.5 Å². The Morgan fingerprint density at radius 3 is 2.68 bits per heavy atom. The molecule has 3 atom stereocenters. The first-order valence-electron chi connectivity index (χ1n) is 11.2. The first-order chi connectivity index (χ1) is 16.4. The molecule has 34 heavy (non-hydrogen) atoms. The molecule has 9 nitrogen and oxygen atoms in total. The zero-order chi connectivity index (χ0) is 24.2. The van der Waals surface area contributed by atoms with Crippen molar-refractivity contribution in [2.45, 2.75) is 50.1 Å². The van der Waals surface area contributed by atoms with E-state index < -0.39 is 35.8 Å². The Labute approximate surface area is 197 Å². The predicted molar refractivity (Wildman–Crippen MR) is 120 cm³/mol. The Balaban J connectivity index is 1.46. The first-order valence-corrected chi connectivity index (χ1v) is 11.2. The highest BCUT2D eigenvalue weighted by Crippen LogP contribution is 2.35. The molecule has 3 unspecified atom stereocenters. The number of aromatic nitrogens is 2. The third kappa shape index (κ3) is 4.96. The number of imidazole rings is 1. The Morgan fingerprint density at radius 1 is 1.26 bits per heavy atom. The summed E-state index contributed by atoms with van der Waals surface area (Å²) < 4.78 is 16.1. The minimum Gasteiger partial charge on any atom is -0.340 e. The van der Waals surface area contributed by atoms with Gasteiger partial charge in [0.2, 0.25) is 11.8 Å². The molecule has 2 aliphatic rings. The fourth-order valence-corrected chi connectivity index (χ4v) is 4.19. The van der Waals surface area contributed by atoms with E-state index in [0.29, 0.717) is 19.4 Å². The van der Waals surface area contributed by atoms with Gasteiger partial charge in [-0.05, 0) is 49.8 Å². The van der Waals surface area contributed by atoms with E-state index in [1.165, 1.54) is 34.1 Å². The van der Waals surface area contributed by atoms with Gasteiger partial charge in [-0.2, -0.15) is 5.26 Å². The zero-order valence-corrected chi connectivity index (χ0v) is 18.5. The van der Waals surface area contributed by atoms with Crippen molar-refractivity contribution < 1.29 is 18.8 Å². The summed E-state index contributed by atoms with van der Waals surface area (Å²) in [7, 11) is 5.48. The van der Waals surface area contributed by atoms with Gasteiger partial charge in [-0.3, -0.25) is 14.4 Å². The summed E-state index contributed by atoms with van der Waals surface area (Å²) >= 11 is 0. The molecule has 2 radical (unpaired) electrons. The van der Waals surface area contributed by atoms with Crippen LogP contribution in [0.2, 0.25) is 6.32 Å². The van der Waals surface area contributed by atoms with Gasteiger partial charge in [0.05, 0.1) is 25.9 Å². The van der Waals surface area contributed by atoms with E-state index in [1.807, 2.05) is 6.07 Å². The lowest BCUT2D eigenvalue weighted by Gasteiger charge is -2.29. The van der Waals surface area contributed by atoms with Crippen molar-refractivity contribution in [1.29, 1.82) is 5.26 Å². The van der Waals surface area contributed by atoms with E-state index >= 15 is 0 Å². The van der Waals surface area contributed by atoms with Gasteiger partial charge in [-0.25, -0.2) is 9.37 Å². The van der Waals surface area contributed by atoms with Crippen LogP contribution in [0.25, 0.3) is 5.69 Å². The highest BCUT2D eigenvalue weighted by Gasteiger charge is 2.44. The van der Waals surface area contributed by atoms with Crippen molar-refractivity contribution in [3.05, 3.63) is 48.3 Å². The number of nitrogens with zero attached hydrogens (tertiary/aromatic N) is 4. The van der Waals surface area contributed by atoms with Gasteiger partial charge in [0.1, 0.15) is 23.9 Å². The zero-order valence-electron chi connectivity index (χ0n) is 18.5. The third-order valence-electron chi connectivity index (χ3n) is 6.19. The van der Waals surface area contributed by atoms with E-state index in [4.69, 9.17) is 13.1 Å². The first kappa shape index (κ1) is 23.5. The molecule has 174 valence electrons. The van der Waals surface area contributed by atoms with Crippen LogP contribution in [0.4, 0.5) is 4.39 Å². The van der Waals surface area contributed by atoms with E-state index in [-0.39, 0.29) is 29.4 Å². The van der Waals surface area contributed by atoms with Crippen LogP contribution in [0.1, 0.15) is 36.0 Å². The molecule has 4 rings (SSSR count). The van der Waals surface area contributed by atoms with Crippen LogP contribution in [0, 0.1) is 23.1 Å². The molecule has 0 bridgehead atoms. The number of rotatable bonds is 8. The number of carbonyl (C=O) groups excluding carboxylic acids is 3. The van der Waals surface area contributed by atoms with Crippen molar-refractivity contribution in [1.82, 2.24) is 25.1 Å². The fraction of sp³-hybridized carbons (Fsp3) is 0.435. The number of nitriles is 1. The van der Waals surface area contributed by atoms with E-state index in [0.717, 1.165) is 18.9 Å². The monoisotopic (exact) mass is 462 g/mol. The van der Waals surface area contributed by atoms with Crippen LogP contribution in [0.15, 0.2) is 36.9 Å². The molecular weight excluding hydrogens is 438 g/mol. The topological polar surface area (TPSA) is 120 Å². The normalized spacial score (nSPS) is 19.2. The smallest absolute Gasteiger partial charge is 0.252 e. The van der Waals surface area contributed by atoms with Gasteiger partial charge in [0.25, 0.3) is 5.91 Å². The third-order valence-corrected chi connectivity index (χ3v) is 6.19. The average molecular weight is 462 g/mol. The van der Waals surface area contributed by atoms with Crippen LogP contribution in [-0.2, 0) is 9.59 Å². The molecule has 1 saturated heterocycles. The van der Waals surface area contributed by atoms with Crippen LogP contribution in [0.5, 0.6) is 0 Å². The molecule has 3 amide bonds. The summed E-state index contributed by atoms with van der Waals surface area (Å²) in [4.78, 5) is 44.3. The van der Waals surface area contributed by atoms with Gasteiger partial charge in [-0.1, -0.05) is 6.32 Å². The van der Waals surface area contributed by atoms with E-state index in [2.05, 4.69) is 15.6 Å². The minimum absolute atomic E-state index is 0.0279. The number of amides is 3. The largest absolute Gasteiger partial charge is 0.340 e. The maximum absolute atomic E-state index is 14.6. The van der Waals surface area contributed by atoms with Gasteiger partial charge in [0.15, 0.2) is 0 Å². The molecule has 1 aliphatic heterocycles. The molecule has 2 fully saturated rings. The van der Waals surface area contributed by atoms with Crippen LogP contribution < -0.4 is 10.6 Å². The molecular formula is C23H24BFN6O3. The number of hydrogen-bond acceptors (Lipinski definition) is 5. The van der Waals surface area contributed by atoms with Gasteiger partial charge >= 0.3 is 0 Å². The van der Waals surface area contributed by atoms with Crippen LogP contribution in [0.3, 0.4) is 0 Å². The number of carbonyl (C=O) groups is 3. The molecule has 11 heteroatoms. The van der Waals surface area contributed by atoms with Crippen LogP contribution in [-0.4, -0.2) is 64.7 Å². The number of likely N-dealkylation sites (tertiary alicyclic amines) is 1. The molecule has 1 saturated carbocycles. The maximum Gasteiger partial charge on any atom is 0.252 e.